The van der Waals surface area contributed by atoms with Crippen molar-refractivity contribution >= 4 is 50.7 Å². The predicted molar refractivity (Wildman–Crippen MR) is 146 cm³/mol. The first kappa shape index (κ1) is 24.5. The number of fused-ring (bicyclic) bond motifs is 2. The minimum atomic E-state index is -0.401. The van der Waals surface area contributed by atoms with Gasteiger partial charge < -0.3 is 10.1 Å². The third kappa shape index (κ3) is 4.63. The zero-order valence-corrected chi connectivity index (χ0v) is 21.9. The number of carbonyl (C=O) groups is 2. The molecular weight excluding hydrogens is 492 g/mol. The van der Waals surface area contributed by atoms with Gasteiger partial charge in [-0.3, -0.25) is 4.79 Å². The van der Waals surface area contributed by atoms with Crippen molar-refractivity contribution in [3.63, 3.8) is 0 Å². The fraction of sp³-hybridized carbons (Fsp3) is 0.276. The quantitative estimate of drug-likeness (QED) is 0.282. The first-order valence-electron chi connectivity index (χ1n) is 12.2. The molecule has 1 N–H and O–H groups in total. The number of anilines is 1. The predicted octanol–water partition coefficient (Wildman–Crippen LogP) is 7.62. The third-order valence-corrected chi connectivity index (χ3v) is 8.23. The molecule has 0 radical (unpaired) electrons. The van der Waals surface area contributed by atoms with E-state index in [0.29, 0.717) is 21.2 Å². The summed E-state index contributed by atoms with van der Waals surface area (Å²) in [5.74, 6) is -0.665. The molecule has 0 fully saturated rings. The number of ether oxygens (including phenoxy) is 1. The number of amides is 1. The van der Waals surface area contributed by atoms with E-state index in [9.17, 15) is 9.59 Å². The Balaban J connectivity index is 1.62. The SMILES string of the molecule is COC(=O)c1c(NC(=O)c2c(C)c(-c3ccc(Cl)cc3)nc3ccccc23)sc2c1CCCCCC2. The Labute approximate surface area is 219 Å². The molecule has 7 heteroatoms. The first-order valence-corrected chi connectivity index (χ1v) is 13.4. The fourth-order valence-electron chi connectivity index (χ4n) is 4.98. The molecule has 1 amide bonds. The number of benzene rings is 2. The molecule has 0 spiro atoms. The summed E-state index contributed by atoms with van der Waals surface area (Å²) in [5.41, 5.74) is 5.17. The lowest BCUT2D eigenvalue weighted by Gasteiger charge is -2.15. The van der Waals surface area contributed by atoms with E-state index in [-0.39, 0.29) is 5.91 Å². The maximum Gasteiger partial charge on any atom is 0.341 e. The second-order valence-electron chi connectivity index (χ2n) is 9.05. The zero-order valence-electron chi connectivity index (χ0n) is 20.3. The van der Waals surface area contributed by atoms with Crippen molar-refractivity contribution in [3.8, 4) is 11.3 Å². The molecule has 184 valence electrons. The number of para-hydroxylation sites is 1. The largest absolute Gasteiger partial charge is 0.465 e. The number of aromatic nitrogens is 1. The molecule has 0 saturated carbocycles. The number of thiophene rings is 1. The molecule has 4 aromatic rings. The van der Waals surface area contributed by atoms with E-state index in [1.165, 1.54) is 29.7 Å². The van der Waals surface area contributed by atoms with Crippen LogP contribution in [0.1, 0.15) is 62.4 Å². The van der Waals surface area contributed by atoms with Gasteiger partial charge in [-0.25, -0.2) is 9.78 Å². The van der Waals surface area contributed by atoms with E-state index >= 15 is 0 Å². The van der Waals surface area contributed by atoms with Gasteiger partial charge in [-0.2, -0.15) is 0 Å². The van der Waals surface area contributed by atoms with Gasteiger partial charge in [-0.15, -0.1) is 11.3 Å². The van der Waals surface area contributed by atoms with Crippen LogP contribution < -0.4 is 5.32 Å². The van der Waals surface area contributed by atoms with E-state index in [4.69, 9.17) is 21.3 Å². The molecule has 2 heterocycles. The lowest BCUT2D eigenvalue weighted by Crippen LogP contribution is -2.17. The molecule has 1 aliphatic carbocycles. The number of methoxy groups -OCH3 is 1. The number of rotatable bonds is 4. The van der Waals surface area contributed by atoms with Crippen LogP contribution in [0.3, 0.4) is 0 Å². The van der Waals surface area contributed by atoms with Crippen molar-refractivity contribution in [1.82, 2.24) is 4.98 Å². The second-order valence-corrected chi connectivity index (χ2v) is 10.6. The Hall–Kier alpha value is -3.22. The summed E-state index contributed by atoms with van der Waals surface area (Å²) in [7, 11) is 1.39. The molecule has 1 aliphatic rings. The summed E-state index contributed by atoms with van der Waals surface area (Å²) in [4.78, 5) is 32.8. The van der Waals surface area contributed by atoms with Crippen molar-refractivity contribution in [2.24, 2.45) is 0 Å². The maximum atomic E-state index is 13.9. The summed E-state index contributed by atoms with van der Waals surface area (Å²) in [6.45, 7) is 1.91. The summed E-state index contributed by atoms with van der Waals surface area (Å²) < 4.78 is 5.14. The van der Waals surface area contributed by atoms with Crippen LogP contribution in [0.2, 0.25) is 5.02 Å². The summed E-state index contributed by atoms with van der Waals surface area (Å²) in [6.07, 6.45) is 6.18. The van der Waals surface area contributed by atoms with Crippen molar-refractivity contribution in [1.29, 1.82) is 0 Å². The van der Waals surface area contributed by atoms with Gasteiger partial charge in [0.2, 0.25) is 0 Å². The molecular formula is C29H27ClN2O3S. The number of halogens is 1. The monoisotopic (exact) mass is 518 g/mol. The van der Waals surface area contributed by atoms with E-state index < -0.39 is 5.97 Å². The molecule has 5 rings (SSSR count). The minimum absolute atomic E-state index is 0.263. The van der Waals surface area contributed by atoms with Crippen LogP contribution in [0.5, 0.6) is 0 Å². The van der Waals surface area contributed by atoms with Crippen molar-refractivity contribution in [2.75, 3.05) is 12.4 Å². The summed E-state index contributed by atoms with van der Waals surface area (Å²) in [5, 5.41) is 5.05. The molecule has 0 unspecified atom stereocenters. The van der Waals surface area contributed by atoms with Gasteiger partial charge in [-0.05, 0) is 61.9 Å². The summed E-state index contributed by atoms with van der Waals surface area (Å²) >= 11 is 7.60. The topological polar surface area (TPSA) is 68.3 Å². The van der Waals surface area contributed by atoms with Crippen LogP contribution >= 0.6 is 22.9 Å². The Morgan fingerprint density at radius 3 is 2.44 bits per heavy atom. The third-order valence-electron chi connectivity index (χ3n) is 6.77. The van der Waals surface area contributed by atoms with E-state index in [1.807, 2.05) is 55.5 Å². The number of esters is 1. The molecule has 36 heavy (non-hydrogen) atoms. The number of nitrogens with one attached hydrogen (secondary N) is 1. The molecule has 0 bridgehead atoms. The number of nitrogens with zero attached hydrogens (tertiary/aromatic N) is 1. The zero-order chi connectivity index (χ0) is 25.2. The van der Waals surface area contributed by atoms with Gasteiger partial charge in [-0.1, -0.05) is 54.8 Å². The highest BCUT2D eigenvalue weighted by Gasteiger charge is 2.27. The Kier molecular flexibility index (Phi) is 7.08. The highest BCUT2D eigenvalue weighted by Crippen LogP contribution is 2.38. The van der Waals surface area contributed by atoms with Gasteiger partial charge in [0.15, 0.2) is 0 Å². The lowest BCUT2D eigenvalue weighted by atomic mass is 9.96. The molecule has 0 aliphatic heterocycles. The Bertz CT molecular complexity index is 1460. The van der Waals surface area contributed by atoms with Gasteiger partial charge in [0.05, 0.1) is 29.4 Å². The average molecular weight is 519 g/mol. The Morgan fingerprint density at radius 1 is 0.972 bits per heavy atom. The highest BCUT2D eigenvalue weighted by atomic mass is 35.5. The first-order chi connectivity index (χ1) is 17.5. The van der Waals surface area contributed by atoms with Crippen LogP contribution in [-0.4, -0.2) is 24.0 Å². The van der Waals surface area contributed by atoms with E-state index in [0.717, 1.165) is 65.4 Å². The van der Waals surface area contributed by atoms with Crippen molar-refractivity contribution < 1.29 is 14.3 Å². The van der Waals surface area contributed by atoms with Crippen LogP contribution in [0.4, 0.5) is 5.00 Å². The van der Waals surface area contributed by atoms with Crippen molar-refractivity contribution in [3.05, 3.63) is 80.7 Å². The normalized spacial score (nSPS) is 13.5. The summed E-state index contributed by atoms with van der Waals surface area (Å²) in [6, 6.07) is 15.1. The van der Waals surface area contributed by atoms with Gasteiger partial charge >= 0.3 is 5.97 Å². The van der Waals surface area contributed by atoms with Crippen LogP contribution in [0.15, 0.2) is 48.5 Å². The van der Waals surface area contributed by atoms with Gasteiger partial charge in [0, 0.05) is 20.8 Å². The number of aryl methyl sites for hydroxylation is 1. The van der Waals surface area contributed by atoms with E-state index in [1.54, 1.807) is 0 Å². The standard InChI is InChI=1S/C29H27ClN2O3S/c1-17-24(20-9-7-8-11-22(20)31-26(17)18-13-15-19(30)16-14-18)27(33)32-28-25(29(34)35-2)21-10-5-3-4-6-12-23(21)36-28/h7-9,11,13-16H,3-6,10,12H2,1-2H3,(H,32,33). The maximum absolute atomic E-state index is 13.9. The molecule has 0 saturated heterocycles. The number of hydrogen-bond donors (Lipinski definition) is 1. The van der Waals surface area contributed by atoms with Crippen LogP contribution in [-0.2, 0) is 17.6 Å². The number of hydrogen-bond acceptors (Lipinski definition) is 5. The van der Waals surface area contributed by atoms with Crippen LogP contribution in [0, 0.1) is 6.92 Å². The second kappa shape index (κ2) is 10.4. The molecule has 0 atom stereocenters. The van der Waals surface area contributed by atoms with Crippen LogP contribution in [0.25, 0.3) is 22.2 Å². The molecule has 5 nitrogen and oxygen atoms in total. The molecule has 2 aromatic carbocycles. The van der Waals surface area contributed by atoms with Gasteiger partial charge in [0.25, 0.3) is 5.91 Å². The lowest BCUT2D eigenvalue weighted by molar-refractivity contribution is 0.0601. The van der Waals surface area contributed by atoms with E-state index in [2.05, 4.69) is 5.32 Å². The van der Waals surface area contributed by atoms with Crippen molar-refractivity contribution in [2.45, 2.75) is 45.4 Å². The fourth-order valence-corrected chi connectivity index (χ4v) is 6.38. The highest BCUT2D eigenvalue weighted by molar-refractivity contribution is 7.17. The smallest absolute Gasteiger partial charge is 0.341 e. The Morgan fingerprint density at radius 2 is 1.69 bits per heavy atom. The minimum Gasteiger partial charge on any atom is -0.465 e. The molecule has 2 aromatic heterocycles. The number of pyridine rings is 1. The average Bonchev–Trinajstić information content (AvgIpc) is 3.19. The van der Waals surface area contributed by atoms with Gasteiger partial charge in [0.1, 0.15) is 5.00 Å². The number of carbonyl (C=O) groups excluding carboxylic acids is 2.